The van der Waals surface area contributed by atoms with E-state index < -0.39 is 24.1 Å². The van der Waals surface area contributed by atoms with Crippen molar-refractivity contribution in [3.05, 3.63) is 0 Å². The van der Waals surface area contributed by atoms with Gasteiger partial charge in [0, 0.05) is 12.8 Å². The molecule has 1 heterocycles. The fraction of sp³-hybridized carbons (Fsp3) is 0.692. The van der Waals surface area contributed by atoms with E-state index in [9.17, 15) is 19.2 Å². The Morgan fingerprint density at radius 1 is 0.905 bits per heavy atom. The highest BCUT2D eigenvalue weighted by Gasteiger charge is 2.32. The van der Waals surface area contributed by atoms with Crippen molar-refractivity contribution in [2.45, 2.75) is 45.3 Å². The molecule has 0 aromatic rings. The molecule has 1 aliphatic heterocycles. The van der Waals surface area contributed by atoms with Gasteiger partial charge in [0.05, 0.1) is 14.2 Å². The van der Waals surface area contributed by atoms with Crippen LogP contribution in [0.15, 0.2) is 0 Å². The zero-order valence-electron chi connectivity index (χ0n) is 12.5. The van der Waals surface area contributed by atoms with Crippen molar-refractivity contribution >= 4 is 23.9 Å². The van der Waals surface area contributed by atoms with E-state index in [0.29, 0.717) is 6.42 Å². The molecular formula is C13H20O8. The van der Waals surface area contributed by atoms with Gasteiger partial charge < -0.3 is 18.9 Å². The summed E-state index contributed by atoms with van der Waals surface area (Å²) in [6, 6.07) is 0. The van der Waals surface area contributed by atoms with E-state index in [1.54, 1.807) is 0 Å². The minimum absolute atomic E-state index is 0.269. The van der Waals surface area contributed by atoms with Crippen molar-refractivity contribution in [1.82, 2.24) is 0 Å². The minimum atomic E-state index is -0.747. The van der Waals surface area contributed by atoms with Gasteiger partial charge in [-0.3, -0.25) is 9.59 Å². The number of rotatable bonds is 4. The highest BCUT2D eigenvalue weighted by molar-refractivity contribution is 5.86. The average Bonchev–Trinajstić information content (AvgIpc) is 2.45. The molecule has 21 heavy (non-hydrogen) atoms. The maximum Gasteiger partial charge on any atom is 0.347 e. The topological polar surface area (TPSA) is 105 Å². The van der Waals surface area contributed by atoms with E-state index in [1.165, 1.54) is 28.1 Å². The third kappa shape index (κ3) is 7.91. The zero-order valence-corrected chi connectivity index (χ0v) is 12.5. The van der Waals surface area contributed by atoms with Crippen LogP contribution in [0.2, 0.25) is 0 Å². The Hall–Kier alpha value is -2.12. The normalized spacial score (nSPS) is 20.4. The zero-order chi connectivity index (χ0) is 16.4. The fourth-order valence-corrected chi connectivity index (χ4v) is 1.22. The first-order chi connectivity index (χ1) is 9.81. The predicted molar refractivity (Wildman–Crippen MR) is 69.0 cm³/mol. The molecule has 0 radical (unpaired) electrons. The highest BCUT2D eigenvalue weighted by Crippen LogP contribution is 2.08. The number of esters is 4. The van der Waals surface area contributed by atoms with Gasteiger partial charge in [0.25, 0.3) is 0 Å². The Balaban J connectivity index is 0.000000382. The first kappa shape index (κ1) is 18.9. The second kappa shape index (κ2) is 9.73. The molecule has 1 aliphatic rings. The van der Waals surface area contributed by atoms with Gasteiger partial charge in [-0.1, -0.05) is 0 Å². The summed E-state index contributed by atoms with van der Waals surface area (Å²) in [4.78, 5) is 42.3. The minimum Gasteiger partial charge on any atom is -0.469 e. The second-order valence-electron chi connectivity index (χ2n) is 4.16. The first-order valence-electron chi connectivity index (χ1n) is 6.36. The molecule has 2 unspecified atom stereocenters. The van der Waals surface area contributed by atoms with Crippen molar-refractivity contribution < 1.29 is 38.1 Å². The van der Waals surface area contributed by atoms with Crippen molar-refractivity contribution in [2.24, 2.45) is 0 Å². The molecule has 0 spiro atoms. The third-order valence-electron chi connectivity index (χ3n) is 2.47. The standard InChI is InChI=1S/C7H12O4.C6H8O4/c1-10-6(8)4-3-5-7(9)11-2;1-3-5(7)10-4(2)6(8)9-3/h3-5H2,1-2H3;3-4H,1-2H3. The molecule has 2 atom stereocenters. The highest BCUT2D eigenvalue weighted by atomic mass is 16.6. The van der Waals surface area contributed by atoms with Crippen LogP contribution in [0.1, 0.15) is 33.1 Å². The van der Waals surface area contributed by atoms with Crippen LogP contribution in [0, 0.1) is 0 Å². The van der Waals surface area contributed by atoms with E-state index in [4.69, 9.17) is 0 Å². The number of methoxy groups -OCH3 is 2. The lowest BCUT2D eigenvalue weighted by molar-refractivity contribution is -0.191. The Bertz CT molecular complexity index is 354. The molecule has 1 saturated heterocycles. The summed E-state index contributed by atoms with van der Waals surface area (Å²) in [5.74, 6) is -1.55. The summed E-state index contributed by atoms with van der Waals surface area (Å²) in [5, 5.41) is 0. The van der Waals surface area contributed by atoms with Crippen molar-refractivity contribution in [2.75, 3.05) is 14.2 Å². The molecular weight excluding hydrogens is 284 g/mol. The van der Waals surface area contributed by atoms with Crippen LogP contribution < -0.4 is 0 Å². The maximum atomic E-state index is 10.7. The molecule has 0 N–H and O–H groups in total. The molecule has 0 saturated carbocycles. The number of carbonyl (C=O) groups is 4. The van der Waals surface area contributed by atoms with Gasteiger partial charge in [-0.05, 0) is 20.3 Å². The van der Waals surface area contributed by atoms with E-state index in [2.05, 4.69) is 18.9 Å². The van der Waals surface area contributed by atoms with Crippen LogP contribution in [-0.2, 0) is 38.1 Å². The van der Waals surface area contributed by atoms with Gasteiger partial charge in [-0.25, -0.2) is 9.59 Å². The quantitative estimate of drug-likeness (QED) is 0.541. The Labute approximate surface area is 122 Å². The van der Waals surface area contributed by atoms with Crippen LogP contribution in [0.25, 0.3) is 0 Å². The van der Waals surface area contributed by atoms with E-state index >= 15 is 0 Å². The molecule has 1 rings (SSSR count). The van der Waals surface area contributed by atoms with Crippen LogP contribution in [0.4, 0.5) is 0 Å². The number of carbonyl (C=O) groups excluding carboxylic acids is 4. The number of hydrogen-bond donors (Lipinski definition) is 0. The monoisotopic (exact) mass is 304 g/mol. The smallest absolute Gasteiger partial charge is 0.347 e. The third-order valence-corrected chi connectivity index (χ3v) is 2.47. The number of hydrogen-bond acceptors (Lipinski definition) is 8. The number of cyclic esters (lactones) is 2. The lowest BCUT2D eigenvalue weighted by atomic mass is 10.2. The first-order valence-corrected chi connectivity index (χ1v) is 6.36. The fourth-order valence-electron chi connectivity index (χ4n) is 1.22. The van der Waals surface area contributed by atoms with Gasteiger partial charge in [0.2, 0.25) is 0 Å². The molecule has 0 amide bonds. The summed E-state index contributed by atoms with van der Waals surface area (Å²) in [6.45, 7) is 2.96. The molecule has 8 heteroatoms. The average molecular weight is 304 g/mol. The summed E-state index contributed by atoms with van der Waals surface area (Å²) in [5.41, 5.74) is 0. The van der Waals surface area contributed by atoms with Crippen LogP contribution in [0.5, 0.6) is 0 Å². The van der Waals surface area contributed by atoms with Gasteiger partial charge in [0.15, 0.2) is 12.2 Å². The lowest BCUT2D eigenvalue weighted by Crippen LogP contribution is -2.40. The van der Waals surface area contributed by atoms with E-state index in [0.717, 1.165) is 0 Å². The molecule has 8 nitrogen and oxygen atoms in total. The van der Waals surface area contributed by atoms with Crippen molar-refractivity contribution in [3.63, 3.8) is 0 Å². The molecule has 120 valence electrons. The summed E-state index contributed by atoms with van der Waals surface area (Å²) in [7, 11) is 2.64. The SMILES string of the molecule is CC1OC(=O)C(C)OC1=O.COC(=O)CCCC(=O)OC. The summed E-state index contributed by atoms with van der Waals surface area (Å²) in [6.07, 6.45) is -0.469. The number of ether oxygens (including phenoxy) is 4. The Morgan fingerprint density at radius 2 is 1.24 bits per heavy atom. The van der Waals surface area contributed by atoms with Gasteiger partial charge >= 0.3 is 23.9 Å². The van der Waals surface area contributed by atoms with Crippen LogP contribution in [0.3, 0.4) is 0 Å². The summed E-state index contributed by atoms with van der Waals surface area (Å²) < 4.78 is 17.9. The lowest BCUT2D eigenvalue weighted by Gasteiger charge is -2.22. The Morgan fingerprint density at radius 3 is 1.52 bits per heavy atom. The largest absolute Gasteiger partial charge is 0.469 e. The van der Waals surface area contributed by atoms with Gasteiger partial charge in [0.1, 0.15) is 0 Å². The maximum absolute atomic E-state index is 10.7. The van der Waals surface area contributed by atoms with Crippen LogP contribution >= 0.6 is 0 Å². The van der Waals surface area contributed by atoms with Gasteiger partial charge in [-0.2, -0.15) is 0 Å². The van der Waals surface area contributed by atoms with E-state index in [-0.39, 0.29) is 24.8 Å². The molecule has 1 fully saturated rings. The van der Waals surface area contributed by atoms with Crippen LogP contribution in [-0.4, -0.2) is 50.3 Å². The summed E-state index contributed by atoms with van der Waals surface area (Å²) >= 11 is 0. The predicted octanol–water partition coefficient (Wildman–Crippen LogP) is 0.366. The molecule has 0 aromatic heterocycles. The molecule has 0 aliphatic carbocycles. The van der Waals surface area contributed by atoms with E-state index in [1.807, 2.05) is 0 Å². The van der Waals surface area contributed by atoms with Crippen molar-refractivity contribution in [3.8, 4) is 0 Å². The second-order valence-corrected chi connectivity index (χ2v) is 4.16. The molecule has 0 aromatic carbocycles. The van der Waals surface area contributed by atoms with Crippen molar-refractivity contribution in [1.29, 1.82) is 0 Å². The Kier molecular flexibility index (Phi) is 8.75. The molecule has 0 bridgehead atoms. The van der Waals surface area contributed by atoms with Gasteiger partial charge in [-0.15, -0.1) is 0 Å².